The molecule has 3 aromatic rings. The number of anilines is 1. The van der Waals surface area contributed by atoms with E-state index in [1.54, 1.807) is 36.4 Å². The normalized spacial score (nSPS) is 10.2. The van der Waals surface area contributed by atoms with E-state index in [1.165, 1.54) is 6.07 Å². The van der Waals surface area contributed by atoms with Crippen molar-refractivity contribution in [3.63, 3.8) is 0 Å². The van der Waals surface area contributed by atoms with Crippen LogP contribution in [0.2, 0.25) is 0 Å². The third kappa shape index (κ3) is 4.91. The van der Waals surface area contributed by atoms with Crippen LogP contribution in [0.4, 0.5) is 5.69 Å². The van der Waals surface area contributed by atoms with Gasteiger partial charge in [-0.3, -0.25) is 4.79 Å². The molecule has 0 aliphatic rings. The van der Waals surface area contributed by atoms with Gasteiger partial charge in [-0.15, -0.1) is 0 Å². The Morgan fingerprint density at radius 3 is 2.14 bits per heavy atom. The Labute approximate surface area is 179 Å². The fourth-order valence-electron chi connectivity index (χ4n) is 2.53. The van der Waals surface area contributed by atoms with E-state index < -0.39 is 17.5 Å². The van der Waals surface area contributed by atoms with Gasteiger partial charge in [0.25, 0.3) is 5.91 Å². The molecule has 0 saturated carbocycles. The smallest absolute Gasteiger partial charge is 0.336 e. The number of nitrogens with one attached hydrogen (secondary N) is 1. The Bertz CT molecular complexity index is 1090. The van der Waals surface area contributed by atoms with Gasteiger partial charge in [0.05, 0.1) is 16.8 Å². The highest BCUT2D eigenvalue weighted by Crippen LogP contribution is 2.31. The van der Waals surface area contributed by atoms with E-state index in [0.717, 1.165) is 15.7 Å². The molecule has 0 bridgehead atoms. The van der Waals surface area contributed by atoms with Crippen LogP contribution in [0.1, 0.15) is 31.1 Å². The lowest BCUT2D eigenvalue weighted by atomic mass is 10.1. The molecule has 0 aromatic heterocycles. The number of carboxylic acid groups (broad SMARTS) is 2. The van der Waals surface area contributed by atoms with Gasteiger partial charge in [-0.05, 0) is 77.2 Å². The Balaban J connectivity index is 1.87. The first-order chi connectivity index (χ1) is 13.8. The minimum absolute atomic E-state index is 0.128. The van der Waals surface area contributed by atoms with Crippen LogP contribution in [0.15, 0.2) is 66.7 Å². The second kappa shape index (κ2) is 8.74. The van der Waals surface area contributed by atoms with Gasteiger partial charge >= 0.3 is 11.9 Å². The van der Waals surface area contributed by atoms with Crippen molar-refractivity contribution in [3.05, 3.63) is 87.0 Å². The van der Waals surface area contributed by atoms with Gasteiger partial charge in [0.2, 0.25) is 0 Å². The van der Waals surface area contributed by atoms with Crippen LogP contribution < -0.4 is 10.1 Å². The molecule has 3 rings (SSSR count). The molecular formula is C21H14INO6. The van der Waals surface area contributed by atoms with E-state index in [4.69, 9.17) is 9.84 Å². The maximum Gasteiger partial charge on any atom is 0.336 e. The van der Waals surface area contributed by atoms with Crippen molar-refractivity contribution in [2.45, 2.75) is 0 Å². The number of rotatable bonds is 6. The lowest BCUT2D eigenvalue weighted by Gasteiger charge is -2.13. The maximum absolute atomic E-state index is 12.5. The van der Waals surface area contributed by atoms with E-state index >= 15 is 0 Å². The van der Waals surface area contributed by atoms with Crippen LogP contribution in [0.25, 0.3) is 0 Å². The molecule has 0 saturated heterocycles. The molecule has 0 heterocycles. The van der Waals surface area contributed by atoms with E-state index in [0.29, 0.717) is 11.3 Å². The van der Waals surface area contributed by atoms with Crippen LogP contribution in [0.5, 0.6) is 11.5 Å². The molecule has 3 aromatic carbocycles. The molecule has 3 N–H and O–H groups in total. The number of para-hydroxylation sites is 2. The van der Waals surface area contributed by atoms with Gasteiger partial charge in [-0.2, -0.15) is 0 Å². The predicted octanol–water partition coefficient (Wildman–Crippen LogP) is 4.73. The van der Waals surface area contributed by atoms with Crippen LogP contribution >= 0.6 is 22.6 Å². The summed E-state index contributed by atoms with van der Waals surface area (Å²) in [4.78, 5) is 35.0. The molecule has 29 heavy (non-hydrogen) atoms. The van der Waals surface area contributed by atoms with Gasteiger partial charge in [0, 0.05) is 9.13 Å². The Morgan fingerprint density at radius 2 is 1.48 bits per heavy atom. The van der Waals surface area contributed by atoms with Gasteiger partial charge < -0.3 is 20.3 Å². The molecule has 8 heteroatoms. The van der Waals surface area contributed by atoms with E-state index in [1.807, 2.05) is 12.1 Å². The number of halogens is 1. The molecular weight excluding hydrogens is 489 g/mol. The number of hydrogen-bond acceptors (Lipinski definition) is 4. The van der Waals surface area contributed by atoms with Crippen molar-refractivity contribution in [1.29, 1.82) is 0 Å². The lowest BCUT2D eigenvalue weighted by Crippen LogP contribution is -2.12. The first kappa shape index (κ1) is 20.3. The van der Waals surface area contributed by atoms with E-state index in [9.17, 15) is 19.5 Å². The van der Waals surface area contributed by atoms with Crippen molar-refractivity contribution in [3.8, 4) is 11.5 Å². The average Bonchev–Trinajstić information content (AvgIpc) is 2.69. The van der Waals surface area contributed by atoms with E-state index in [-0.39, 0.29) is 23.0 Å². The number of benzene rings is 3. The number of aromatic carboxylic acids is 2. The highest BCUT2D eigenvalue weighted by atomic mass is 127. The molecule has 146 valence electrons. The minimum atomic E-state index is -1.38. The van der Waals surface area contributed by atoms with Gasteiger partial charge in [-0.1, -0.05) is 12.1 Å². The van der Waals surface area contributed by atoms with Gasteiger partial charge in [-0.25, -0.2) is 9.59 Å². The van der Waals surface area contributed by atoms with Crippen molar-refractivity contribution < 1.29 is 29.3 Å². The predicted molar refractivity (Wildman–Crippen MR) is 114 cm³/mol. The molecule has 0 fully saturated rings. The zero-order chi connectivity index (χ0) is 21.0. The first-order valence-electron chi connectivity index (χ1n) is 8.29. The van der Waals surface area contributed by atoms with Crippen molar-refractivity contribution in [2.75, 3.05) is 5.32 Å². The number of ether oxygens (including phenoxy) is 1. The zero-order valence-corrected chi connectivity index (χ0v) is 16.9. The number of carboxylic acids is 2. The molecule has 0 aliphatic carbocycles. The fourth-order valence-corrected chi connectivity index (χ4v) is 2.89. The monoisotopic (exact) mass is 503 g/mol. The second-order valence-electron chi connectivity index (χ2n) is 5.88. The van der Waals surface area contributed by atoms with Crippen molar-refractivity contribution in [1.82, 2.24) is 0 Å². The quantitative estimate of drug-likeness (QED) is 0.420. The molecule has 0 atom stereocenters. The van der Waals surface area contributed by atoms with Gasteiger partial charge in [0.15, 0.2) is 5.75 Å². The standard InChI is InChI=1S/C21H14INO6/c22-13-7-5-12(6-8-13)19(24)23-17-3-1-2-4-18(17)29-14-9-10-15(20(25)26)16(11-14)21(27)28/h1-11H,(H,23,24)(H,25,26)(H,27,28). The zero-order valence-electron chi connectivity index (χ0n) is 14.8. The summed E-state index contributed by atoms with van der Waals surface area (Å²) >= 11 is 2.14. The number of carbonyl (C=O) groups excluding carboxylic acids is 1. The summed E-state index contributed by atoms with van der Waals surface area (Å²) in [6.45, 7) is 0. The summed E-state index contributed by atoms with van der Waals surface area (Å²) in [6, 6.07) is 17.3. The molecule has 0 radical (unpaired) electrons. The molecule has 0 unspecified atom stereocenters. The number of hydrogen-bond donors (Lipinski definition) is 3. The molecule has 0 aliphatic heterocycles. The third-order valence-corrected chi connectivity index (χ3v) is 4.64. The molecule has 7 nitrogen and oxygen atoms in total. The summed E-state index contributed by atoms with van der Waals surface area (Å²) in [7, 11) is 0. The summed E-state index contributed by atoms with van der Waals surface area (Å²) in [6.07, 6.45) is 0. The Kier molecular flexibility index (Phi) is 6.13. The number of amides is 1. The van der Waals surface area contributed by atoms with Crippen molar-refractivity contribution >= 4 is 46.1 Å². The first-order valence-corrected chi connectivity index (χ1v) is 9.37. The fraction of sp³-hybridized carbons (Fsp3) is 0. The van der Waals surface area contributed by atoms with Crippen LogP contribution in [0.3, 0.4) is 0 Å². The van der Waals surface area contributed by atoms with Gasteiger partial charge in [0.1, 0.15) is 5.75 Å². The minimum Gasteiger partial charge on any atom is -0.478 e. The average molecular weight is 503 g/mol. The summed E-state index contributed by atoms with van der Waals surface area (Å²) < 4.78 is 6.72. The van der Waals surface area contributed by atoms with E-state index in [2.05, 4.69) is 27.9 Å². The Morgan fingerprint density at radius 1 is 0.828 bits per heavy atom. The SMILES string of the molecule is O=C(Nc1ccccc1Oc1ccc(C(=O)O)c(C(=O)O)c1)c1ccc(I)cc1. The molecule has 0 spiro atoms. The van der Waals surface area contributed by atoms with Crippen LogP contribution in [0, 0.1) is 3.57 Å². The Hall–Kier alpha value is -3.40. The second-order valence-corrected chi connectivity index (χ2v) is 7.12. The summed E-state index contributed by atoms with van der Waals surface area (Å²) in [5, 5.41) is 21.1. The summed E-state index contributed by atoms with van der Waals surface area (Å²) in [5.41, 5.74) is 0.120. The summed E-state index contributed by atoms with van der Waals surface area (Å²) in [5.74, 6) is -2.65. The maximum atomic E-state index is 12.5. The topological polar surface area (TPSA) is 113 Å². The largest absolute Gasteiger partial charge is 0.478 e. The van der Waals surface area contributed by atoms with Crippen LogP contribution in [-0.2, 0) is 0 Å². The highest BCUT2D eigenvalue weighted by Gasteiger charge is 2.18. The highest BCUT2D eigenvalue weighted by molar-refractivity contribution is 14.1. The van der Waals surface area contributed by atoms with Crippen LogP contribution in [-0.4, -0.2) is 28.1 Å². The van der Waals surface area contributed by atoms with Crippen molar-refractivity contribution in [2.24, 2.45) is 0 Å². The number of carbonyl (C=O) groups is 3. The molecule has 1 amide bonds. The lowest BCUT2D eigenvalue weighted by molar-refractivity contribution is 0.0651. The third-order valence-electron chi connectivity index (χ3n) is 3.92.